The van der Waals surface area contributed by atoms with Crippen molar-refractivity contribution >= 4 is 11.3 Å². The van der Waals surface area contributed by atoms with Gasteiger partial charge in [0.05, 0.1) is 13.2 Å². The maximum absolute atomic E-state index is 5.83. The van der Waals surface area contributed by atoms with E-state index in [1.54, 1.807) is 11.3 Å². The van der Waals surface area contributed by atoms with Crippen molar-refractivity contribution in [2.45, 2.75) is 12.8 Å². The number of ether oxygens (including phenoxy) is 2. The van der Waals surface area contributed by atoms with E-state index in [-0.39, 0.29) is 0 Å². The quantitative estimate of drug-likeness (QED) is 0.173. The first-order valence-electron chi connectivity index (χ1n) is 13.1. The van der Waals surface area contributed by atoms with Crippen molar-refractivity contribution in [2.24, 2.45) is 11.5 Å². The molecule has 0 amide bonds. The maximum atomic E-state index is 5.83. The molecule has 4 N–H and O–H groups in total. The minimum Gasteiger partial charge on any atom is -0.494 e. The molecule has 3 aromatic heterocycles. The Kier molecular flexibility index (Phi) is 8.96. The predicted octanol–water partition coefficient (Wildman–Crippen LogP) is 6.66. The van der Waals surface area contributed by atoms with Gasteiger partial charge < -0.3 is 20.9 Å². The molecule has 0 aliphatic carbocycles. The van der Waals surface area contributed by atoms with Crippen LogP contribution in [-0.4, -0.2) is 36.3 Å². The number of pyridine rings is 2. The summed E-state index contributed by atoms with van der Waals surface area (Å²) in [4.78, 5) is 11.4. The first kappa shape index (κ1) is 26.6. The Morgan fingerprint density at radius 2 is 1.00 bits per heavy atom. The Hall–Kier alpha value is -4.04. The van der Waals surface area contributed by atoms with Gasteiger partial charge in [-0.25, -0.2) is 0 Å². The van der Waals surface area contributed by atoms with Crippen LogP contribution in [0, 0.1) is 0 Å². The molecule has 5 aromatic rings. The molecule has 198 valence electrons. The first-order chi connectivity index (χ1) is 19.2. The molecule has 0 aliphatic rings. The number of nitrogens with zero attached hydrogens (tertiary/aromatic N) is 2. The van der Waals surface area contributed by atoms with E-state index >= 15 is 0 Å². The predicted molar refractivity (Wildman–Crippen MR) is 160 cm³/mol. The molecular weight excluding hydrogens is 504 g/mol. The molecule has 0 unspecified atom stereocenters. The molecular formula is C32H32N4O2S. The molecule has 0 bridgehead atoms. The molecule has 7 heteroatoms. The summed E-state index contributed by atoms with van der Waals surface area (Å²) >= 11 is 1.73. The topological polar surface area (TPSA) is 96.3 Å². The number of benzene rings is 2. The number of rotatable bonds is 12. The van der Waals surface area contributed by atoms with Gasteiger partial charge in [-0.1, -0.05) is 24.3 Å². The highest BCUT2D eigenvalue weighted by Gasteiger charge is 2.10. The van der Waals surface area contributed by atoms with Crippen molar-refractivity contribution < 1.29 is 9.47 Å². The van der Waals surface area contributed by atoms with Crippen molar-refractivity contribution in [1.82, 2.24) is 9.97 Å². The lowest BCUT2D eigenvalue weighted by atomic mass is 10.0. The first-order valence-corrected chi connectivity index (χ1v) is 13.9. The smallest absolute Gasteiger partial charge is 0.119 e. The van der Waals surface area contributed by atoms with Gasteiger partial charge in [-0.05, 0) is 85.6 Å². The SMILES string of the molecule is NCCCOc1cccc(-c2cncc(-c3ccc(-c4cncc(-c5cccc(OCCCN)c5)c4)s3)c2)c1. The van der Waals surface area contributed by atoms with Crippen LogP contribution in [0.1, 0.15) is 12.8 Å². The lowest BCUT2D eigenvalue weighted by Crippen LogP contribution is -2.06. The molecule has 6 nitrogen and oxygen atoms in total. The van der Waals surface area contributed by atoms with Crippen molar-refractivity contribution in [3.05, 3.63) is 97.6 Å². The zero-order valence-corrected chi connectivity index (χ0v) is 22.6. The van der Waals surface area contributed by atoms with E-state index < -0.39 is 0 Å². The second-order valence-electron chi connectivity index (χ2n) is 9.13. The van der Waals surface area contributed by atoms with Gasteiger partial charge in [-0.15, -0.1) is 11.3 Å². The minimum atomic E-state index is 0.611. The molecule has 0 spiro atoms. The summed E-state index contributed by atoms with van der Waals surface area (Å²) in [6.07, 6.45) is 9.25. The summed E-state index contributed by atoms with van der Waals surface area (Å²) in [5, 5.41) is 0. The van der Waals surface area contributed by atoms with E-state index in [4.69, 9.17) is 20.9 Å². The summed E-state index contributed by atoms with van der Waals surface area (Å²) in [6.45, 7) is 2.46. The second-order valence-corrected chi connectivity index (χ2v) is 10.2. The molecule has 0 radical (unpaired) electrons. The van der Waals surface area contributed by atoms with Crippen molar-refractivity contribution in [2.75, 3.05) is 26.3 Å². The Balaban J connectivity index is 1.35. The van der Waals surface area contributed by atoms with Crippen LogP contribution < -0.4 is 20.9 Å². The van der Waals surface area contributed by atoms with E-state index in [0.717, 1.165) is 67.5 Å². The van der Waals surface area contributed by atoms with Gasteiger partial charge >= 0.3 is 0 Å². The Morgan fingerprint density at radius 3 is 1.46 bits per heavy atom. The summed E-state index contributed by atoms with van der Waals surface area (Å²) in [5.41, 5.74) is 17.5. The van der Waals surface area contributed by atoms with E-state index in [9.17, 15) is 0 Å². The van der Waals surface area contributed by atoms with Gasteiger partial charge in [0, 0.05) is 56.8 Å². The minimum absolute atomic E-state index is 0.611. The third-order valence-electron chi connectivity index (χ3n) is 6.22. The number of nitrogens with two attached hydrogens (primary N) is 2. The highest BCUT2D eigenvalue weighted by atomic mass is 32.1. The highest BCUT2D eigenvalue weighted by Crippen LogP contribution is 2.37. The van der Waals surface area contributed by atoms with Crippen molar-refractivity contribution in [3.63, 3.8) is 0 Å². The van der Waals surface area contributed by atoms with E-state index in [1.807, 2.05) is 61.2 Å². The van der Waals surface area contributed by atoms with E-state index in [1.165, 1.54) is 0 Å². The Morgan fingerprint density at radius 1 is 0.538 bits per heavy atom. The van der Waals surface area contributed by atoms with Crippen LogP contribution in [0.5, 0.6) is 11.5 Å². The standard InChI is InChI=1S/C32H32N4O2S/c33-11-3-13-37-29-7-1-5-23(17-29)25-15-27(21-35-19-25)31-9-10-32(39-31)28-16-26(20-36-22-28)24-6-2-8-30(18-24)38-14-4-12-34/h1-2,5-10,15-22H,3-4,11-14,33-34H2. The summed E-state index contributed by atoms with van der Waals surface area (Å²) < 4.78 is 11.7. The van der Waals surface area contributed by atoms with Crippen LogP contribution in [0.4, 0.5) is 0 Å². The van der Waals surface area contributed by atoms with Gasteiger partial charge in [-0.2, -0.15) is 0 Å². The van der Waals surface area contributed by atoms with Gasteiger partial charge in [0.15, 0.2) is 0 Å². The van der Waals surface area contributed by atoms with E-state index in [0.29, 0.717) is 26.3 Å². The number of hydrogen-bond acceptors (Lipinski definition) is 7. The zero-order chi connectivity index (χ0) is 26.9. The van der Waals surface area contributed by atoms with Crippen LogP contribution in [0.2, 0.25) is 0 Å². The molecule has 39 heavy (non-hydrogen) atoms. The molecule has 5 rings (SSSR count). The maximum Gasteiger partial charge on any atom is 0.119 e. The average molecular weight is 537 g/mol. The fourth-order valence-electron chi connectivity index (χ4n) is 4.19. The molecule has 0 fully saturated rings. The van der Waals surface area contributed by atoms with Crippen LogP contribution in [0.3, 0.4) is 0 Å². The Bertz CT molecular complexity index is 1410. The normalized spacial score (nSPS) is 10.9. The monoisotopic (exact) mass is 536 g/mol. The largest absolute Gasteiger partial charge is 0.494 e. The lowest BCUT2D eigenvalue weighted by Gasteiger charge is -2.09. The second kappa shape index (κ2) is 13.2. The molecule has 0 aliphatic heterocycles. The molecule has 0 saturated carbocycles. The highest BCUT2D eigenvalue weighted by molar-refractivity contribution is 7.18. The van der Waals surface area contributed by atoms with Crippen LogP contribution in [0.25, 0.3) is 43.1 Å². The van der Waals surface area contributed by atoms with Crippen LogP contribution >= 0.6 is 11.3 Å². The third-order valence-corrected chi connectivity index (χ3v) is 7.40. The fourth-order valence-corrected chi connectivity index (χ4v) is 5.16. The fraction of sp³-hybridized carbons (Fsp3) is 0.188. The van der Waals surface area contributed by atoms with Crippen LogP contribution in [0.15, 0.2) is 97.6 Å². The van der Waals surface area contributed by atoms with Gasteiger partial charge in [0.2, 0.25) is 0 Å². The molecule has 0 saturated heterocycles. The Labute approximate surface area is 233 Å². The summed E-state index contributed by atoms with van der Waals surface area (Å²) in [6, 6.07) is 24.8. The number of thiophene rings is 1. The average Bonchev–Trinajstić information content (AvgIpc) is 3.49. The van der Waals surface area contributed by atoms with Gasteiger partial charge in [0.1, 0.15) is 11.5 Å². The summed E-state index contributed by atoms with van der Waals surface area (Å²) in [7, 11) is 0. The van der Waals surface area contributed by atoms with Crippen molar-refractivity contribution in [1.29, 1.82) is 0 Å². The van der Waals surface area contributed by atoms with Gasteiger partial charge in [0.25, 0.3) is 0 Å². The number of hydrogen-bond donors (Lipinski definition) is 2. The van der Waals surface area contributed by atoms with E-state index in [2.05, 4.69) is 46.4 Å². The van der Waals surface area contributed by atoms with Gasteiger partial charge in [-0.3, -0.25) is 9.97 Å². The molecule has 3 heterocycles. The van der Waals surface area contributed by atoms with Crippen LogP contribution in [-0.2, 0) is 0 Å². The number of aromatic nitrogens is 2. The molecule has 0 atom stereocenters. The zero-order valence-electron chi connectivity index (χ0n) is 21.8. The summed E-state index contributed by atoms with van der Waals surface area (Å²) in [5.74, 6) is 1.68. The molecule has 2 aromatic carbocycles. The third kappa shape index (κ3) is 6.89. The van der Waals surface area contributed by atoms with Crippen molar-refractivity contribution in [3.8, 4) is 54.6 Å². The lowest BCUT2D eigenvalue weighted by molar-refractivity contribution is 0.313.